The number of ketones is 1. The molecule has 0 amide bonds. The van der Waals surface area contributed by atoms with Gasteiger partial charge in [-0.05, 0) is 45.4 Å². The van der Waals surface area contributed by atoms with Gasteiger partial charge in [-0.15, -0.1) is 0 Å². The summed E-state index contributed by atoms with van der Waals surface area (Å²) in [5.41, 5.74) is 1.70. The van der Waals surface area contributed by atoms with Gasteiger partial charge in [0.15, 0.2) is 0 Å². The van der Waals surface area contributed by atoms with Crippen LogP contribution in [-0.4, -0.2) is 5.78 Å². The molecule has 0 N–H and O–H groups in total. The van der Waals surface area contributed by atoms with Gasteiger partial charge in [-0.2, -0.15) is 0 Å². The van der Waals surface area contributed by atoms with Gasteiger partial charge in [0.05, 0.1) is 0 Å². The van der Waals surface area contributed by atoms with E-state index in [9.17, 15) is 4.79 Å². The third kappa shape index (κ3) is 3.28. The van der Waals surface area contributed by atoms with Crippen LogP contribution in [0.15, 0.2) is 11.6 Å². The Bertz CT molecular complexity index is 228. The number of rotatable bonds is 4. The number of Topliss-reactive ketones (excluding diaryl/α,β-unsaturated/α-hetero) is 1. The van der Waals surface area contributed by atoms with Crippen LogP contribution >= 0.6 is 0 Å². The van der Waals surface area contributed by atoms with Crippen LogP contribution in [0, 0.1) is 5.41 Å². The van der Waals surface area contributed by atoms with E-state index in [1.165, 1.54) is 31.3 Å². The zero-order valence-corrected chi connectivity index (χ0v) is 9.73. The van der Waals surface area contributed by atoms with Gasteiger partial charge in [-0.3, -0.25) is 0 Å². The van der Waals surface area contributed by atoms with Crippen molar-refractivity contribution < 1.29 is 4.79 Å². The summed E-state index contributed by atoms with van der Waals surface area (Å²) < 4.78 is 0. The lowest BCUT2D eigenvalue weighted by molar-refractivity contribution is -0.119. The van der Waals surface area contributed by atoms with E-state index in [-0.39, 0.29) is 0 Å². The molecule has 80 valence electrons. The lowest BCUT2D eigenvalue weighted by atomic mass is 9.78. The molecule has 1 heteroatoms. The summed E-state index contributed by atoms with van der Waals surface area (Å²) in [5, 5.41) is 0. The molecule has 0 bridgehead atoms. The normalized spacial score (nSPS) is 19.4. The Morgan fingerprint density at radius 2 is 1.79 bits per heavy atom. The second-order valence-electron chi connectivity index (χ2n) is 5.07. The fourth-order valence-electron chi connectivity index (χ4n) is 2.53. The number of hydrogen-bond acceptors (Lipinski definition) is 1. The Kier molecular flexibility index (Phi) is 3.91. The molecule has 0 heterocycles. The van der Waals surface area contributed by atoms with Crippen molar-refractivity contribution in [3.05, 3.63) is 11.6 Å². The Morgan fingerprint density at radius 3 is 2.21 bits per heavy atom. The summed E-state index contributed by atoms with van der Waals surface area (Å²) >= 11 is 0. The molecule has 0 spiro atoms. The van der Waals surface area contributed by atoms with E-state index in [1.807, 2.05) is 0 Å². The van der Waals surface area contributed by atoms with Crippen molar-refractivity contribution >= 4 is 5.78 Å². The zero-order chi connectivity index (χ0) is 10.6. The Labute approximate surface area is 87.6 Å². The molecular weight excluding hydrogens is 172 g/mol. The Hall–Kier alpha value is -0.590. The molecule has 1 saturated carbocycles. The van der Waals surface area contributed by atoms with Gasteiger partial charge in [-0.1, -0.05) is 24.5 Å². The Morgan fingerprint density at radius 1 is 1.21 bits per heavy atom. The standard InChI is InChI=1S/C13H22O/c1-11(2)6-9-13(10-12(3)14)7-4-5-8-13/h6H,4-5,7-10H2,1-3H3. The lowest BCUT2D eigenvalue weighted by Gasteiger charge is -2.26. The maximum Gasteiger partial charge on any atom is 0.130 e. The van der Waals surface area contributed by atoms with Crippen LogP contribution in [0.1, 0.15) is 59.3 Å². The van der Waals surface area contributed by atoms with E-state index in [2.05, 4.69) is 19.9 Å². The molecule has 0 saturated heterocycles. The molecule has 0 radical (unpaired) electrons. The van der Waals surface area contributed by atoms with E-state index in [4.69, 9.17) is 0 Å². The summed E-state index contributed by atoms with van der Waals surface area (Å²) in [6.07, 6.45) is 9.31. The van der Waals surface area contributed by atoms with Crippen LogP contribution in [0.2, 0.25) is 0 Å². The average molecular weight is 194 g/mol. The first-order valence-electron chi connectivity index (χ1n) is 5.67. The van der Waals surface area contributed by atoms with E-state index in [0.29, 0.717) is 11.2 Å². The number of carbonyl (C=O) groups excluding carboxylic acids is 1. The van der Waals surface area contributed by atoms with E-state index in [1.54, 1.807) is 6.92 Å². The molecule has 0 aromatic carbocycles. The topological polar surface area (TPSA) is 17.1 Å². The zero-order valence-electron chi connectivity index (χ0n) is 9.73. The third-order valence-corrected chi connectivity index (χ3v) is 3.23. The molecule has 1 aliphatic carbocycles. The smallest absolute Gasteiger partial charge is 0.130 e. The molecule has 14 heavy (non-hydrogen) atoms. The predicted octanol–water partition coefficient (Wildman–Crippen LogP) is 3.88. The molecule has 1 rings (SSSR count). The van der Waals surface area contributed by atoms with Gasteiger partial charge in [0.1, 0.15) is 5.78 Å². The molecule has 0 atom stereocenters. The SMILES string of the molecule is CC(=O)CC1(CC=C(C)C)CCCC1. The quantitative estimate of drug-likeness (QED) is 0.621. The minimum absolute atomic E-state index is 0.323. The highest BCUT2D eigenvalue weighted by Crippen LogP contribution is 2.44. The summed E-state index contributed by atoms with van der Waals surface area (Å²) in [4.78, 5) is 11.2. The lowest BCUT2D eigenvalue weighted by Crippen LogP contribution is -2.19. The van der Waals surface area contributed by atoms with Crippen LogP contribution in [-0.2, 0) is 4.79 Å². The maximum absolute atomic E-state index is 11.2. The van der Waals surface area contributed by atoms with Crippen molar-refractivity contribution in [2.24, 2.45) is 5.41 Å². The molecule has 0 aliphatic heterocycles. The van der Waals surface area contributed by atoms with Crippen LogP contribution in [0.4, 0.5) is 0 Å². The van der Waals surface area contributed by atoms with Crippen LogP contribution in [0.25, 0.3) is 0 Å². The first-order valence-corrected chi connectivity index (χ1v) is 5.67. The predicted molar refractivity (Wildman–Crippen MR) is 60.2 cm³/mol. The highest BCUT2D eigenvalue weighted by atomic mass is 16.1. The van der Waals surface area contributed by atoms with Crippen LogP contribution in [0.3, 0.4) is 0 Å². The third-order valence-electron chi connectivity index (χ3n) is 3.23. The monoisotopic (exact) mass is 194 g/mol. The highest BCUT2D eigenvalue weighted by molar-refractivity contribution is 5.76. The molecule has 1 nitrogen and oxygen atoms in total. The molecular formula is C13H22O. The van der Waals surface area contributed by atoms with E-state index in [0.717, 1.165) is 12.8 Å². The van der Waals surface area contributed by atoms with Crippen molar-refractivity contribution in [3.8, 4) is 0 Å². The summed E-state index contributed by atoms with van der Waals surface area (Å²) in [7, 11) is 0. The van der Waals surface area contributed by atoms with Gasteiger partial charge in [0.2, 0.25) is 0 Å². The van der Waals surface area contributed by atoms with Crippen molar-refractivity contribution in [3.63, 3.8) is 0 Å². The van der Waals surface area contributed by atoms with Crippen LogP contribution < -0.4 is 0 Å². The first kappa shape index (κ1) is 11.5. The van der Waals surface area contributed by atoms with Gasteiger partial charge in [-0.25, -0.2) is 0 Å². The minimum Gasteiger partial charge on any atom is -0.300 e. The maximum atomic E-state index is 11.2. The number of hydrogen-bond donors (Lipinski definition) is 0. The summed E-state index contributed by atoms with van der Waals surface area (Å²) in [6, 6.07) is 0. The average Bonchev–Trinajstić information content (AvgIpc) is 2.49. The van der Waals surface area contributed by atoms with Gasteiger partial charge in [0, 0.05) is 6.42 Å². The van der Waals surface area contributed by atoms with Gasteiger partial charge in [0.25, 0.3) is 0 Å². The fourth-order valence-corrected chi connectivity index (χ4v) is 2.53. The van der Waals surface area contributed by atoms with Crippen LogP contribution in [0.5, 0.6) is 0 Å². The van der Waals surface area contributed by atoms with Crippen molar-refractivity contribution in [1.82, 2.24) is 0 Å². The second-order valence-corrected chi connectivity index (χ2v) is 5.07. The molecule has 0 aromatic rings. The van der Waals surface area contributed by atoms with Crippen molar-refractivity contribution in [2.45, 2.75) is 59.3 Å². The molecule has 1 fully saturated rings. The second kappa shape index (κ2) is 4.77. The highest BCUT2D eigenvalue weighted by Gasteiger charge is 2.33. The largest absolute Gasteiger partial charge is 0.300 e. The van der Waals surface area contributed by atoms with E-state index >= 15 is 0 Å². The van der Waals surface area contributed by atoms with Crippen molar-refractivity contribution in [1.29, 1.82) is 0 Å². The number of carbonyl (C=O) groups is 1. The first-order chi connectivity index (χ1) is 6.54. The van der Waals surface area contributed by atoms with E-state index < -0.39 is 0 Å². The minimum atomic E-state index is 0.323. The van der Waals surface area contributed by atoms with Gasteiger partial charge >= 0.3 is 0 Å². The molecule has 0 unspecified atom stereocenters. The van der Waals surface area contributed by atoms with Gasteiger partial charge < -0.3 is 4.79 Å². The van der Waals surface area contributed by atoms with Crippen molar-refractivity contribution in [2.75, 3.05) is 0 Å². The fraction of sp³-hybridized carbons (Fsp3) is 0.769. The Balaban J connectivity index is 2.62. The number of allylic oxidation sites excluding steroid dienone is 2. The summed E-state index contributed by atoms with van der Waals surface area (Å²) in [6.45, 7) is 6.00. The summed E-state index contributed by atoms with van der Waals surface area (Å²) in [5.74, 6) is 0.356. The molecule has 0 aromatic heterocycles. The molecule has 1 aliphatic rings.